The van der Waals surface area contributed by atoms with E-state index in [4.69, 9.17) is 5.11 Å². The molecule has 20 heavy (non-hydrogen) atoms. The van der Waals surface area contributed by atoms with Crippen molar-refractivity contribution in [2.75, 3.05) is 0 Å². The van der Waals surface area contributed by atoms with Crippen LogP contribution in [0.15, 0.2) is 36.5 Å². The molecule has 1 aromatic heterocycles. The minimum atomic E-state index is -1.01. The zero-order valence-electron chi connectivity index (χ0n) is 11.2. The Morgan fingerprint density at radius 3 is 2.85 bits per heavy atom. The van der Waals surface area contributed by atoms with E-state index in [1.807, 2.05) is 13.0 Å². The van der Waals surface area contributed by atoms with Crippen LogP contribution in [0.4, 0.5) is 0 Å². The van der Waals surface area contributed by atoms with Gasteiger partial charge in [0.2, 0.25) is 0 Å². The molecule has 1 unspecified atom stereocenters. The molecule has 2 aromatic rings. The lowest BCUT2D eigenvalue weighted by Crippen LogP contribution is -2.40. The number of rotatable bonds is 5. The highest BCUT2D eigenvalue weighted by Gasteiger charge is 2.19. The first-order valence-electron chi connectivity index (χ1n) is 6.50. The summed E-state index contributed by atoms with van der Waals surface area (Å²) in [5, 5.41) is 12.4. The second kappa shape index (κ2) is 6.14. The van der Waals surface area contributed by atoms with E-state index in [1.54, 1.807) is 30.5 Å². The van der Waals surface area contributed by atoms with Crippen LogP contribution in [-0.2, 0) is 4.79 Å². The molecule has 0 aliphatic heterocycles. The topological polar surface area (TPSA) is 79.3 Å². The number of aromatic nitrogens is 1. The zero-order chi connectivity index (χ0) is 14.5. The van der Waals surface area contributed by atoms with Gasteiger partial charge < -0.3 is 10.4 Å². The minimum absolute atomic E-state index is 0.378. The molecule has 1 heterocycles. The summed E-state index contributed by atoms with van der Waals surface area (Å²) in [5.41, 5.74) is 1.24. The Morgan fingerprint density at radius 1 is 1.35 bits per heavy atom. The van der Waals surface area contributed by atoms with E-state index >= 15 is 0 Å². The molecule has 0 aliphatic rings. The van der Waals surface area contributed by atoms with Gasteiger partial charge in [0.25, 0.3) is 5.91 Å². The molecule has 5 heteroatoms. The number of hydrogen-bond acceptors (Lipinski definition) is 3. The van der Waals surface area contributed by atoms with Crippen molar-refractivity contribution in [1.29, 1.82) is 0 Å². The van der Waals surface area contributed by atoms with Gasteiger partial charge in [-0.15, -0.1) is 0 Å². The standard InChI is InChI=1S/C15H16N2O3/c1-2-4-13(15(19)20)17-14(18)11-6-7-12-10(9-11)5-3-8-16-12/h3,5-9,13H,2,4H2,1H3,(H,17,18)(H,19,20). The molecule has 1 amide bonds. The summed E-state index contributed by atoms with van der Waals surface area (Å²) >= 11 is 0. The first-order valence-corrected chi connectivity index (χ1v) is 6.50. The molecular formula is C15H16N2O3. The van der Waals surface area contributed by atoms with Crippen molar-refractivity contribution < 1.29 is 14.7 Å². The lowest BCUT2D eigenvalue weighted by Gasteiger charge is -2.13. The quantitative estimate of drug-likeness (QED) is 0.874. The molecule has 0 bridgehead atoms. The molecule has 0 aliphatic carbocycles. The molecule has 0 fully saturated rings. The highest BCUT2D eigenvalue weighted by Crippen LogP contribution is 2.13. The van der Waals surface area contributed by atoms with Crippen LogP contribution in [0, 0.1) is 0 Å². The Hall–Kier alpha value is -2.43. The summed E-state index contributed by atoms with van der Waals surface area (Å²) in [4.78, 5) is 27.3. The van der Waals surface area contributed by atoms with Gasteiger partial charge in [-0.05, 0) is 30.7 Å². The molecule has 104 valence electrons. The first kappa shape index (κ1) is 14.0. The number of nitrogens with one attached hydrogen (secondary N) is 1. The third-order valence-corrected chi connectivity index (χ3v) is 3.05. The van der Waals surface area contributed by atoms with E-state index < -0.39 is 12.0 Å². The molecule has 0 radical (unpaired) electrons. The average molecular weight is 272 g/mol. The number of amides is 1. The highest BCUT2D eigenvalue weighted by atomic mass is 16.4. The maximum absolute atomic E-state index is 12.1. The number of hydrogen-bond donors (Lipinski definition) is 2. The number of aliphatic carboxylic acids is 1. The number of pyridine rings is 1. The van der Waals surface area contributed by atoms with Gasteiger partial charge in [0.1, 0.15) is 6.04 Å². The molecular weight excluding hydrogens is 256 g/mol. The number of fused-ring (bicyclic) bond motifs is 1. The Kier molecular flexibility index (Phi) is 4.30. The van der Waals surface area contributed by atoms with Crippen LogP contribution < -0.4 is 5.32 Å². The van der Waals surface area contributed by atoms with Crippen LogP contribution in [0.5, 0.6) is 0 Å². The van der Waals surface area contributed by atoms with E-state index in [1.165, 1.54) is 0 Å². The Balaban J connectivity index is 2.20. The number of carbonyl (C=O) groups is 2. The van der Waals surface area contributed by atoms with Gasteiger partial charge in [0.05, 0.1) is 5.52 Å². The van der Waals surface area contributed by atoms with Gasteiger partial charge in [-0.25, -0.2) is 4.79 Å². The number of carboxylic acid groups (broad SMARTS) is 1. The number of benzene rings is 1. The second-order valence-corrected chi connectivity index (χ2v) is 4.56. The maximum atomic E-state index is 12.1. The smallest absolute Gasteiger partial charge is 0.326 e. The van der Waals surface area contributed by atoms with Gasteiger partial charge in [0.15, 0.2) is 0 Å². The first-order chi connectivity index (χ1) is 9.61. The SMILES string of the molecule is CCCC(NC(=O)c1ccc2ncccc2c1)C(=O)O. The number of carbonyl (C=O) groups excluding carboxylic acids is 1. The molecule has 5 nitrogen and oxygen atoms in total. The van der Waals surface area contributed by atoms with Crippen LogP contribution in [0.1, 0.15) is 30.1 Å². The summed E-state index contributed by atoms with van der Waals surface area (Å²) in [5.74, 6) is -1.39. The molecule has 2 N–H and O–H groups in total. The zero-order valence-corrected chi connectivity index (χ0v) is 11.2. The predicted octanol–water partition coefficient (Wildman–Crippen LogP) is 2.22. The normalized spacial score (nSPS) is 12.1. The summed E-state index contributed by atoms with van der Waals surface area (Å²) in [7, 11) is 0. The number of carboxylic acids is 1. The second-order valence-electron chi connectivity index (χ2n) is 4.56. The third kappa shape index (κ3) is 3.12. The lowest BCUT2D eigenvalue weighted by atomic mass is 10.1. The largest absolute Gasteiger partial charge is 0.480 e. The fourth-order valence-corrected chi connectivity index (χ4v) is 2.00. The van der Waals surface area contributed by atoms with Crippen LogP contribution in [0.2, 0.25) is 0 Å². The molecule has 1 atom stereocenters. The summed E-state index contributed by atoms with van der Waals surface area (Å²) in [6, 6.07) is 7.91. The monoisotopic (exact) mass is 272 g/mol. The fourth-order valence-electron chi connectivity index (χ4n) is 2.00. The van der Waals surface area contributed by atoms with Crippen molar-refractivity contribution in [3.63, 3.8) is 0 Å². The summed E-state index contributed by atoms with van der Waals surface area (Å²) < 4.78 is 0. The third-order valence-electron chi connectivity index (χ3n) is 3.05. The van der Waals surface area contributed by atoms with E-state index in [0.717, 1.165) is 10.9 Å². The summed E-state index contributed by atoms with van der Waals surface area (Å²) in [6.45, 7) is 1.88. The van der Waals surface area contributed by atoms with Gasteiger partial charge in [0, 0.05) is 17.1 Å². The Morgan fingerprint density at radius 2 is 2.15 bits per heavy atom. The van der Waals surface area contributed by atoms with E-state index in [-0.39, 0.29) is 5.91 Å². The summed E-state index contributed by atoms with van der Waals surface area (Å²) in [6.07, 6.45) is 2.79. The van der Waals surface area contributed by atoms with Gasteiger partial charge in [-0.2, -0.15) is 0 Å². The Bertz CT molecular complexity index is 640. The fraction of sp³-hybridized carbons (Fsp3) is 0.267. The van der Waals surface area contributed by atoms with Crippen molar-refractivity contribution in [2.24, 2.45) is 0 Å². The van der Waals surface area contributed by atoms with E-state index in [0.29, 0.717) is 18.4 Å². The van der Waals surface area contributed by atoms with Gasteiger partial charge in [-0.3, -0.25) is 9.78 Å². The van der Waals surface area contributed by atoms with Crippen LogP contribution in [0.3, 0.4) is 0 Å². The van der Waals surface area contributed by atoms with Crippen LogP contribution >= 0.6 is 0 Å². The van der Waals surface area contributed by atoms with Crippen LogP contribution in [-0.4, -0.2) is 28.0 Å². The lowest BCUT2D eigenvalue weighted by molar-refractivity contribution is -0.139. The molecule has 0 spiro atoms. The Labute approximate surface area is 116 Å². The van der Waals surface area contributed by atoms with Crippen molar-refractivity contribution >= 4 is 22.8 Å². The van der Waals surface area contributed by atoms with Crippen molar-refractivity contribution in [3.05, 3.63) is 42.1 Å². The van der Waals surface area contributed by atoms with Crippen LogP contribution in [0.25, 0.3) is 10.9 Å². The maximum Gasteiger partial charge on any atom is 0.326 e. The van der Waals surface area contributed by atoms with Gasteiger partial charge in [-0.1, -0.05) is 19.4 Å². The predicted molar refractivity (Wildman–Crippen MR) is 75.5 cm³/mol. The van der Waals surface area contributed by atoms with E-state index in [2.05, 4.69) is 10.3 Å². The van der Waals surface area contributed by atoms with Gasteiger partial charge >= 0.3 is 5.97 Å². The average Bonchev–Trinajstić information content (AvgIpc) is 2.46. The number of nitrogens with zero attached hydrogens (tertiary/aromatic N) is 1. The minimum Gasteiger partial charge on any atom is -0.480 e. The molecule has 0 saturated carbocycles. The molecule has 1 aromatic carbocycles. The van der Waals surface area contributed by atoms with Crippen molar-refractivity contribution in [1.82, 2.24) is 10.3 Å². The van der Waals surface area contributed by atoms with Crippen molar-refractivity contribution in [2.45, 2.75) is 25.8 Å². The van der Waals surface area contributed by atoms with Crippen molar-refractivity contribution in [3.8, 4) is 0 Å². The molecule has 2 rings (SSSR count). The van der Waals surface area contributed by atoms with E-state index in [9.17, 15) is 9.59 Å². The molecule has 0 saturated heterocycles. The highest BCUT2D eigenvalue weighted by molar-refractivity contribution is 5.99.